The summed E-state index contributed by atoms with van der Waals surface area (Å²) in [7, 11) is 0. The lowest BCUT2D eigenvalue weighted by molar-refractivity contribution is -0.142. The van der Waals surface area contributed by atoms with Crippen LogP contribution in [0.15, 0.2) is 18.2 Å². The molecule has 2 heterocycles. The number of amides is 1. The second-order valence-corrected chi connectivity index (χ2v) is 6.26. The van der Waals surface area contributed by atoms with Crippen molar-refractivity contribution in [3.8, 4) is 5.75 Å². The third kappa shape index (κ3) is 4.70. The van der Waals surface area contributed by atoms with Crippen molar-refractivity contribution < 1.29 is 28.9 Å². The predicted octanol–water partition coefficient (Wildman–Crippen LogP) is 1.45. The molecule has 0 saturated carbocycles. The fraction of sp³-hybridized carbons (Fsp3) is 0.556. The Morgan fingerprint density at radius 1 is 1.36 bits per heavy atom. The molecule has 1 aromatic carbocycles. The SMILES string of the molecule is O=C(CCOCC1CCCO1)NC(C(=O)O)c1ccc2c(c1)CCO2. The number of aliphatic carboxylic acids is 1. The second-order valence-electron chi connectivity index (χ2n) is 6.26. The van der Waals surface area contributed by atoms with E-state index in [-0.39, 0.29) is 25.0 Å². The predicted molar refractivity (Wildman–Crippen MR) is 88.6 cm³/mol. The maximum atomic E-state index is 12.1. The van der Waals surface area contributed by atoms with Gasteiger partial charge in [0, 0.05) is 19.4 Å². The number of carboxylic acids is 1. The zero-order chi connectivity index (χ0) is 17.6. The van der Waals surface area contributed by atoms with Crippen molar-refractivity contribution >= 4 is 11.9 Å². The van der Waals surface area contributed by atoms with Crippen LogP contribution >= 0.6 is 0 Å². The minimum atomic E-state index is -1.09. The monoisotopic (exact) mass is 349 g/mol. The molecule has 7 nitrogen and oxygen atoms in total. The van der Waals surface area contributed by atoms with E-state index in [1.165, 1.54) is 0 Å². The summed E-state index contributed by atoms with van der Waals surface area (Å²) in [6, 6.07) is 4.15. The number of ether oxygens (including phenoxy) is 3. The van der Waals surface area contributed by atoms with Crippen LogP contribution in [0.3, 0.4) is 0 Å². The van der Waals surface area contributed by atoms with Crippen molar-refractivity contribution in [3.05, 3.63) is 29.3 Å². The Hall–Kier alpha value is -2.12. The molecule has 2 aliphatic heterocycles. The van der Waals surface area contributed by atoms with Gasteiger partial charge in [-0.1, -0.05) is 6.07 Å². The number of benzene rings is 1. The van der Waals surface area contributed by atoms with Gasteiger partial charge in [-0.3, -0.25) is 4.79 Å². The van der Waals surface area contributed by atoms with Gasteiger partial charge in [0.2, 0.25) is 5.91 Å². The van der Waals surface area contributed by atoms with E-state index >= 15 is 0 Å². The molecule has 0 spiro atoms. The molecule has 0 bridgehead atoms. The highest BCUT2D eigenvalue weighted by molar-refractivity contribution is 5.84. The molecule has 136 valence electrons. The summed E-state index contributed by atoms with van der Waals surface area (Å²) >= 11 is 0. The van der Waals surface area contributed by atoms with Crippen molar-refractivity contribution in [1.29, 1.82) is 0 Å². The Bertz CT molecular complexity index is 626. The molecular formula is C18H23NO6. The average Bonchev–Trinajstić information content (AvgIpc) is 3.26. The smallest absolute Gasteiger partial charge is 0.330 e. The molecule has 0 radical (unpaired) electrons. The summed E-state index contributed by atoms with van der Waals surface area (Å²) in [5, 5.41) is 12.0. The summed E-state index contributed by atoms with van der Waals surface area (Å²) < 4.78 is 16.3. The van der Waals surface area contributed by atoms with Crippen LogP contribution < -0.4 is 10.1 Å². The fourth-order valence-corrected chi connectivity index (χ4v) is 3.06. The third-order valence-corrected chi connectivity index (χ3v) is 4.40. The molecule has 3 rings (SSSR count). The van der Waals surface area contributed by atoms with Gasteiger partial charge < -0.3 is 24.6 Å². The Balaban J connectivity index is 1.49. The molecule has 2 unspecified atom stereocenters. The van der Waals surface area contributed by atoms with Crippen LogP contribution in [0.25, 0.3) is 0 Å². The van der Waals surface area contributed by atoms with Crippen LogP contribution in [-0.4, -0.2) is 49.5 Å². The number of fused-ring (bicyclic) bond motifs is 1. The van der Waals surface area contributed by atoms with Crippen molar-refractivity contribution in [2.75, 3.05) is 26.4 Å². The van der Waals surface area contributed by atoms with E-state index in [0.717, 1.165) is 37.2 Å². The lowest BCUT2D eigenvalue weighted by Crippen LogP contribution is -2.34. The summed E-state index contributed by atoms with van der Waals surface area (Å²) in [6.45, 7) is 2.09. The standard InChI is InChI=1S/C18H23NO6/c20-16(6-8-23-11-14-2-1-7-24-14)19-17(18(21)22)13-3-4-15-12(10-13)5-9-25-15/h3-4,10,14,17H,1-2,5-9,11H2,(H,19,20)(H,21,22). The Labute approximate surface area is 146 Å². The molecule has 0 aliphatic carbocycles. The summed E-state index contributed by atoms with van der Waals surface area (Å²) in [5.41, 5.74) is 1.52. The van der Waals surface area contributed by atoms with Crippen LogP contribution in [0.2, 0.25) is 0 Å². The fourth-order valence-electron chi connectivity index (χ4n) is 3.06. The molecule has 0 aromatic heterocycles. The molecule has 1 amide bonds. The number of carboxylic acid groups (broad SMARTS) is 1. The van der Waals surface area contributed by atoms with Crippen molar-refractivity contribution in [3.63, 3.8) is 0 Å². The Morgan fingerprint density at radius 3 is 3.00 bits per heavy atom. The van der Waals surface area contributed by atoms with Gasteiger partial charge in [-0.05, 0) is 36.1 Å². The Kier molecular flexibility index (Phi) is 5.88. The maximum absolute atomic E-state index is 12.1. The molecule has 1 saturated heterocycles. The molecule has 7 heteroatoms. The van der Waals surface area contributed by atoms with Gasteiger partial charge in [0.15, 0.2) is 6.04 Å². The number of carbonyl (C=O) groups excluding carboxylic acids is 1. The summed E-state index contributed by atoms with van der Waals surface area (Å²) in [4.78, 5) is 23.6. The molecule has 2 atom stereocenters. The largest absolute Gasteiger partial charge is 0.493 e. The number of nitrogens with one attached hydrogen (secondary N) is 1. The second kappa shape index (κ2) is 8.31. The highest BCUT2D eigenvalue weighted by atomic mass is 16.5. The van der Waals surface area contributed by atoms with Crippen molar-refractivity contribution in [1.82, 2.24) is 5.32 Å². The van der Waals surface area contributed by atoms with E-state index < -0.39 is 12.0 Å². The van der Waals surface area contributed by atoms with Crippen LogP contribution in [0.5, 0.6) is 5.75 Å². The van der Waals surface area contributed by atoms with Gasteiger partial charge in [0.1, 0.15) is 5.75 Å². The molecule has 1 fully saturated rings. The van der Waals surface area contributed by atoms with E-state index in [2.05, 4.69) is 5.32 Å². The van der Waals surface area contributed by atoms with Crippen LogP contribution in [-0.2, 0) is 25.5 Å². The highest BCUT2D eigenvalue weighted by Gasteiger charge is 2.24. The molecular weight excluding hydrogens is 326 g/mol. The van der Waals surface area contributed by atoms with Crippen LogP contribution in [0, 0.1) is 0 Å². The Morgan fingerprint density at radius 2 is 2.24 bits per heavy atom. The first-order chi connectivity index (χ1) is 12.1. The minimum Gasteiger partial charge on any atom is -0.493 e. The van der Waals surface area contributed by atoms with E-state index in [4.69, 9.17) is 14.2 Å². The maximum Gasteiger partial charge on any atom is 0.330 e. The average molecular weight is 349 g/mol. The van der Waals surface area contributed by atoms with Crippen molar-refractivity contribution in [2.45, 2.75) is 37.8 Å². The van der Waals surface area contributed by atoms with E-state index in [0.29, 0.717) is 18.8 Å². The van der Waals surface area contributed by atoms with Crippen LogP contribution in [0.1, 0.15) is 36.4 Å². The summed E-state index contributed by atoms with van der Waals surface area (Å²) in [5.74, 6) is -0.661. The van der Waals surface area contributed by atoms with Crippen molar-refractivity contribution in [2.24, 2.45) is 0 Å². The van der Waals surface area contributed by atoms with Crippen LogP contribution in [0.4, 0.5) is 0 Å². The topological polar surface area (TPSA) is 94.1 Å². The number of rotatable bonds is 8. The van der Waals surface area contributed by atoms with Gasteiger partial charge >= 0.3 is 5.97 Å². The minimum absolute atomic E-state index is 0.114. The quantitative estimate of drug-likeness (QED) is 0.690. The van der Waals surface area contributed by atoms with Gasteiger partial charge in [-0.25, -0.2) is 4.79 Å². The zero-order valence-electron chi connectivity index (χ0n) is 14.0. The number of hydrogen-bond acceptors (Lipinski definition) is 5. The first-order valence-electron chi connectivity index (χ1n) is 8.60. The van der Waals surface area contributed by atoms with E-state index in [1.807, 2.05) is 0 Å². The van der Waals surface area contributed by atoms with E-state index in [9.17, 15) is 14.7 Å². The van der Waals surface area contributed by atoms with Gasteiger partial charge in [-0.15, -0.1) is 0 Å². The van der Waals surface area contributed by atoms with Gasteiger partial charge in [0.25, 0.3) is 0 Å². The molecule has 25 heavy (non-hydrogen) atoms. The zero-order valence-corrected chi connectivity index (χ0v) is 14.0. The lowest BCUT2D eigenvalue weighted by atomic mass is 10.0. The highest BCUT2D eigenvalue weighted by Crippen LogP contribution is 2.28. The summed E-state index contributed by atoms with van der Waals surface area (Å²) in [6.07, 6.45) is 3.00. The molecule has 2 aliphatic rings. The third-order valence-electron chi connectivity index (χ3n) is 4.40. The first kappa shape index (κ1) is 17.7. The van der Waals surface area contributed by atoms with Gasteiger partial charge in [0.05, 0.1) is 25.9 Å². The first-order valence-corrected chi connectivity index (χ1v) is 8.60. The number of hydrogen-bond donors (Lipinski definition) is 2. The molecule has 2 N–H and O–H groups in total. The van der Waals surface area contributed by atoms with Gasteiger partial charge in [-0.2, -0.15) is 0 Å². The normalized spacial score (nSPS) is 19.9. The number of carbonyl (C=O) groups is 2. The van der Waals surface area contributed by atoms with E-state index in [1.54, 1.807) is 18.2 Å². The molecule has 1 aromatic rings. The lowest BCUT2D eigenvalue weighted by Gasteiger charge is -2.16.